The van der Waals surface area contributed by atoms with Crippen molar-refractivity contribution in [3.05, 3.63) is 12.4 Å². The Bertz CT molecular complexity index is 427. The van der Waals surface area contributed by atoms with Crippen molar-refractivity contribution in [1.29, 1.82) is 0 Å². The highest BCUT2D eigenvalue weighted by atomic mass is 16.5. The molecule has 2 unspecified atom stereocenters. The van der Waals surface area contributed by atoms with Crippen LogP contribution in [0.2, 0.25) is 0 Å². The van der Waals surface area contributed by atoms with Gasteiger partial charge in [-0.2, -0.15) is 5.10 Å². The molecule has 1 aliphatic heterocycles. The van der Waals surface area contributed by atoms with Crippen LogP contribution in [0.5, 0.6) is 0 Å². The van der Waals surface area contributed by atoms with Crippen LogP contribution < -0.4 is 10.6 Å². The molecule has 1 amide bonds. The molecule has 20 heavy (non-hydrogen) atoms. The van der Waals surface area contributed by atoms with Gasteiger partial charge in [0.2, 0.25) is 5.91 Å². The van der Waals surface area contributed by atoms with E-state index in [4.69, 9.17) is 4.74 Å². The van der Waals surface area contributed by atoms with Gasteiger partial charge in [0.05, 0.1) is 31.1 Å². The molecule has 1 aromatic rings. The fraction of sp³-hybridized carbons (Fsp3) is 0.714. The molecule has 0 saturated carbocycles. The Hall–Kier alpha value is -1.40. The third-order valence-electron chi connectivity index (χ3n) is 3.56. The SMILES string of the molecule is CCC(C)NCC(=O)Nc1cnn(CC2CCCO2)c1. The van der Waals surface area contributed by atoms with Crippen LogP contribution >= 0.6 is 0 Å². The molecule has 1 aromatic heterocycles. The van der Waals surface area contributed by atoms with Gasteiger partial charge in [-0.15, -0.1) is 0 Å². The number of hydrogen-bond acceptors (Lipinski definition) is 4. The lowest BCUT2D eigenvalue weighted by Gasteiger charge is -2.10. The summed E-state index contributed by atoms with van der Waals surface area (Å²) in [4.78, 5) is 11.8. The summed E-state index contributed by atoms with van der Waals surface area (Å²) in [6, 6.07) is 0.350. The van der Waals surface area contributed by atoms with Crippen molar-refractivity contribution in [3.63, 3.8) is 0 Å². The van der Waals surface area contributed by atoms with E-state index in [9.17, 15) is 4.79 Å². The first-order valence-electron chi connectivity index (χ1n) is 7.34. The molecule has 0 aliphatic carbocycles. The molecule has 112 valence electrons. The van der Waals surface area contributed by atoms with Crippen LogP contribution in [0.25, 0.3) is 0 Å². The molecule has 0 bridgehead atoms. The Morgan fingerprint density at radius 3 is 3.20 bits per heavy atom. The van der Waals surface area contributed by atoms with Gasteiger partial charge in [0.25, 0.3) is 0 Å². The number of amides is 1. The van der Waals surface area contributed by atoms with Gasteiger partial charge in [-0.05, 0) is 26.2 Å². The van der Waals surface area contributed by atoms with E-state index in [2.05, 4.69) is 29.6 Å². The Balaban J connectivity index is 1.75. The number of carbonyl (C=O) groups is 1. The molecule has 2 atom stereocenters. The Morgan fingerprint density at radius 1 is 1.65 bits per heavy atom. The summed E-state index contributed by atoms with van der Waals surface area (Å²) < 4.78 is 7.39. The summed E-state index contributed by atoms with van der Waals surface area (Å²) in [7, 11) is 0. The maximum atomic E-state index is 11.8. The number of aromatic nitrogens is 2. The highest BCUT2D eigenvalue weighted by Crippen LogP contribution is 2.14. The summed E-state index contributed by atoms with van der Waals surface area (Å²) >= 11 is 0. The van der Waals surface area contributed by atoms with Gasteiger partial charge in [-0.1, -0.05) is 6.92 Å². The molecule has 6 heteroatoms. The highest BCUT2D eigenvalue weighted by Gasteiger charge is 2.16. The van der Waals surface area contributed by atoms with Crippen LogP contribution in [0.3, 0.4) is 0 Å². The molecule has 2 heterocycles. The van der Waals surface area contributed by atoms with E-state index in [1.807, 2.05) is 10.9 Å². The maximum Gasteiger partial charge on any atom is 0.238 e. The zero-order chi connectivity index (χ0) is 14.4. The zero-order valence-electron chi connectivity index (χ0n) is 12.3. The summed E-state index contributed by atoms with van der Waals surface area (Å²) in [6.45, 7) is 6.07. The zero-order valence-corrected chi connectivity index (χ0v) is 12.3. The molecule has 0 spiro atoms. The number of nitrogens with one attached hydrogen (secondary N) is 2. The Labute approximate surface area is 119 Å². The predicted molar refractivity (Wildman–Crippen MR) is 77.6 cm³/mol. The summed E-state index contributed by atoms with van der Waals surface area (Å²) in [6.07, 6.45) is 6.99. The van der Waals surface area contributed by atoms with Crippen LogP contribution in [0.15, 0.2) is 12.4 Å². The molecule has 6 nitrogen and oxygen atoms in total. The minimum atomic E-state index is -0.0398. The van der Waals surface area contributed by atoms with Gasteiger partial charge in [0.15, 0.2) is 0 Å². The fourth-order valence-electron chi connectivity index (χ4n) is 2.14. The molecule has 0 aromatic carbocycles. The van der Waals surface area contributed by atoms with E-state index in [1.165, 1.54) is 0 Å². The lowest BCUT2D eigenvalue weighted by atomic mass is 10.2. The van der Waals surface area contributed by atoms with E-state index in [1.54, 1.807) is 6.20 Å². The second kappa shape index (κ2) is 7.40. The second-order valence-electron chi connectivity index (χ2n) is 5.32. The van der Waals surface area contributed by atoms with Crippen LogP contribution in [-0.2, 0) is 16.1 Å². The molecular weight excluding hydrogens is 256 g/mol. The normalized spacial score (nSPS) is 20.0. The first-order valence-corrected chi connectivity index (χ1v) is 7.34. The largest absolute Gasteiger partial charge is 0.376 e. The van der Waals surface area contributed by atoms with Crippen LogP contribution in [0, 0.1) is 0 Å². The second-order valence-corrected chi connectivity index (χ2v) is 5.32. The summed E-state index contributed by atoms with van der Waals surface area (Å²) in [5.41, 5.74) is 0.735. The predicted octanol–water partition coefficient (Wildman–Crippen LogP) is 1.39. The van der Waals surface area contributed by atoms with Gasteiger partial charge >= 0.3 is 0 Å². The van der Waals surface area contributed by atoms with Gasteiger partial charge in [0.1, 0.15) is 0 Å². The van der Waals surface area contributed by atoms with E-state index in [0.717, 1.165) is 38.1 Å². The van der Waals surface area contributed by atoms with Gasteiger partial charge < -0.3 is 15.4 Å². The van der Waals surface area contributed by atoms with Crippen LogP contribution in [0.4, 0.5) is 5.69 Å². The quantitative estimate of drug-likeness (QED) is 0.792. The van der Waals surface area contributed by atoms with Gasteiger partial charge in [-0.3, -0.25) is 9.48 Å². The van der Waals surface area contributed by atoms with Gasteiger partial charge in [-0.25, -0.2) is 0 Å². The Kier molecular flexibility index (Phi) is 5.55. The Morgan fingerprint density at radius 2 is 2.50 bits per heavy atom. The number of carbonyl (C=O) groups excluding carboxylic acids is 1. The number of rotatable bonds is 7. The minimum Gasteiger partial charge on any atom is -0.376 e. The molecular formula is C14H24N4O2. The lowest BCUT2D eigenvalue weighted by molar-refractivity contribution is -0.115. The fourth-order valence-corrected chi connectivity index (χ4v) is 2.14. The molecule has 0 radical (unpaired) electrons. The van der Waals surface area contributed by atoms with Crippen LogP contribution in [0.1, 0.15) is 33.1 Å². The highest BCUT2D eigenvalue weighted by molar-refractivity contribution is 5.91. The number of ether oxygens (including phenoxy) is 1. The topological polar surface area (TPSA) is 68.2 Å². The minimum absolute atomic E-state index is 0.0398. The third-order valence-corrected chi connectivity index (χ3v) is 3.56. The first-order chi connectivity index (χ1) is 9.67. The van der Waals surface area contributed by atoms with Crippen molar-refractivity contribution in [2.75, 3.05) is 18.5 Å². The number of hydrogen-bond donors (Lipinski definition) is 2. The summed E-state index contributed by atoms with van der Waals surface area (Å²) in [5, 5.41) is 10.2. The molecule has 1 fully saturated rings. The third kappa shape index (κ3) is 4.61. The number of anilines is 1. The van der Waals surface area contributed by atoms with E-state index >= 15 is 0 Å². The average Bonchev–Trinajstić information content (AvgIpc) is 3.08. The van der Waals surface area contributed by atoms with Crippen molar-refractivity contribution in [1.82, 2.24) is 15.1 Å². The molecule has 1 aliphatic rings. The van der Waals surface area contributed by atoms with Gasteiger partial charge in [0, 0.05) is 18.8 Å². The molecule has 1 saturated heterocycles. The van der Waals surface area contributed by atoms with Crippen molar-refractivity contribution in [2.45, 2.75) is 51.8 Å². The summed E-state index contributed by atoms with van der Waals surface area (Å²) in [5.74, 6) is -0.0398. The van der Waals surface area contributed by atoms with Crippen LogP contribution in [-0.4, -0.2) is 41.0 Å². The van der Waals surface area contributed by atoms with E-state index in [-0.39, 0.29) is 12.0 Å². The van der Waals surface area contributed by atoms with Crippen molar-refractivity contribution in [3.8, 4) is 0 Å². The van der Waals surface area contributed by atoms with Crippen molar-refractivity contribution in [2.24, 2.45) is 0 Å². The molecule has 2 rings (SSSR count). The maximum absolute atomic E-state index is 11.8. The van der Waals surface area contributed by atoms with E-state index in [0.29, 0.717) is 12.6 Å². The first kappa shape index (κ1) is 15.0. The van der Waals surface area contributed by atoms with Crippen molar-refractivity contribution >= 4 is 11.6 Å². The smallest absolute Gasteiger partial charge is 0.238 e. The van der Waals surface area contributed by atoms with Crippen molar-refractivity contribution < 1.29 is 9.53 Å². The lowest BCUT2D eigenvalue weighted by Crippen LogP contribution is -2.33. The molecule has 2 N–H and O–H groups in total. The monoisotopic (exact) mass is 280 g/mol. The standard InChI is InChI=1S/C14H24N4O2/c1-3-11(2)15-8-14(19)17-12-7-16-18(9-12)10-13-5-4-6-20-13/h7,9,11,13,15H,3-6,8,10H2,1-2H3,(H,17,19). The van der Waals surface area contributed by atoms with E-state index < -0.39 is 0 Å². The number of nitrogens with zero attached hydrogens (tertiary/aromatic N) is 2. The average molecular weight is 280 g/mol.